The van der Waals surface area contributed by atoms with Crippen LogP contribution in [0.1, 0.15) is 29.9 Å². The molecule has 0 aliphatic rings. The van der Waals surface area contributed by atoms with Crippen molar-refractivity contribution in [3.63, 3.8) is 0 Å². The van der Waals surface area contributed by atoms with Crippen LogP contribution in [0.15, 0.2) is 6.07 Å². The van der Waals surface area contributed by atoms with E-state index in [4.69, 9.17) is 5.73 Å². The third-order valence-corrected chi connectivity index (χ3v) is 2.84. The van der Waals surface area contributed by atoms with E-state index in [-0.39, 0.29) is 18.5 Å². The number of aromatic nitrogens is 1. The van der Waals surface area contributed by atoms with Crippen LogP contribution in [-0.2, 0) is 11.8 Å². The van der Waals surface area contributed by atoms with Gasteiger partial charge in [0.1, 0.15) is 0 Å². The van der Waals surface area contributed by atoms with E-state index in [0.717, 1.165) is 5.56 Å². The molecular formula is C11H19N3O. The number of hydrogen-bond donors (Lipinski definition) is 2. The summed E-state index contributed by atoms with van der Waals surface area (Å²) in [5.41, 5.74) is 8.77. The lowest BCUT2D eigenvalue weighted by Crippen LogP contribution is -2.32. The Hall–Kier alpha value is -1.29. The fraction of sp³-hybridized carbons (Fsp3) is 0.545. The molecule has 1 heterocycles. The van der Waals surface area contributed by atoms with Crippen LogP contribution < -0.4 is 11.1 Å². The van der Waals surface area contributed by atoms with Crippen LogP contribution >= 0.6 is 0 Å². The number of carbonyl (C=O) groups excluding carboxylic acids is 1. The molecule has 1 amide bonds. The highest BCUT2D eigenvalue weighted by Crippen LogP contribution is 2.20. The third-order valence-electron chi connectivity index (χ3n) is 2.84. The Labute approximate surface area is 90.5 Å². The van der Waals surface area contributed by atoms with Gasteiger partial charge in [-0.05, 0) is 32.4 Å². The Kier molecular flexibility index (Phi) is 3.52. The van der Waals surface area contributed by atoms with E-state index in [0.29, 0.717) is 0 Å². The topological polar surface area (TPSA) is 60.1 Å². The second-order valence-electron chi connectivity index (χ2n) is 3.88. The van der Waals surface area contributed by atoms with Crippen molar-refractivity contribution in [3.8, 4) is 0 Å². The number of rotatable bonds is 3. The molecule has 84 valence electrons. The molecule has 1 aromatic rings. The smallest absolute Gasteiger partial charge is 0.234 e. The molecule has 3 N–H and O–H groups in total. The molecule has 15 heavy (non-hydrogen) atoms. The first-order valence-electron chi connectivity index (χ1n) is 5.09. The minimum atomic E-state index is -0.122. The molecule has 0 bridgehead atoms. The van der Waals surface area contributed by atoms with Crippen molar-refractivity contribution in [2.75, 3.05) is 6.54 Å². The Morgan fingerprint density at radius 3 is 2.60 bits per heavy atom. The van der Waals surface area contributed by atoms with Crippen molar-refractivity contribution >= 4 is 5.91 Å². The number of amides is 1. The summed E-state index contributed by atoms with van der Waals surface area (Å²) in [5.74, 6) is -0.122. The highest BCUT2D eigenvalue weighted by molar-refractivity contribution is 5.78. The maximum Gasteiger partial charge on any atom is 0.234 e. The molecule has 1 atom stereocenters. The SMILES string of the molecule is Cc1cc(C(C)NC(=O)CN)c(C)n1C. The van der Waals surface area contributed by atoms with Gasteiger partial charge in [0.05, 0.1) is 12.6 Å². The van der Waals surface area contributed by atoms with Crippen molar-refractivity contribution in [2.24, 2.45) is 12.8 Å². The Balaban J connectivity index is 2.87. The summed E-state index contributed by atoms with van der Waals surface area (Å²) in [4.78, 5) is 11.2. The van der Waals surface area contributed by atoms with E-state index < -0.39 is 0 Å². The summed E-state index contributed by atoms with van der Waals surface area (Å²) in [6.45, 7) is 6.10. The zero-order valence-corrected chi connectivity index (χ0v) is 9.79. The standard InChI is InChI=1S/C11H19N3O/c1-7-5-10(9(3)14(7)4)8(2)13-11(15)6-12/h5,8H,6,12H2,1-4H3,(H,13,15). The quantitative estimate of drug-likeness (QED) is 0.772. The predicted molar refractivity (Wildman–Crippen MR) is 60.5 cm³/mol. The molecule has 1 unspecified atom stereocenters. The number of hydrogen-bond acceptors (Lipinski definition) is 2. The maximum atomic E-state index is 11.2. The predicted octanol–water partition coefficient (Wildman–Crippen LogP) is 0.778. The van der Waals surface area contributed by atoms with Gasteiger partial charge in [-0.2, -0.15) is 0 Å². The number of nitrogens with one attached hydrogen (secondary N) is 1. The lowest BCUT2D eigenvalue weighted by atomic mass is 10.1. The lowest BCUT2D eigenvalue weighted by Gasteiger charge is -2.13. The van der Waals surface area contributed by atoms with Crippen molar-refractivity contribution < 1.29 is 4.79 Å². The Morgan fingerprint density at radius 1 is 1.60 bits per heavy atom. The van der Waals surface area contributed by atoms with Crippen molar-refractivity contribution in [2.45, 2.75) is 26.8 Å². The Morgan fingerprint density at radius 2 is 2.20 bits per heavy atom. The minimum absolute atomic E-state index is 0.0148. The monoisotopic (exact) mass is 209 g/mol. The van der Waals surface area contributed by atoms with Crippen LogP contribution in [0, 0.1) is 13.8 Å². The van der Waals surface area contributed by atoms with Gasteiger partial charge in [0.25, 0.3) is 0 Å². The lowest BCUT2D eigenvalue weighted by molar-refractivity contribution is -0.120. The number of nitrogens with zero attached hydrogens (tertiary/aromatic N) is 1. The molecule has 0 saturated heterocycles. The molecule has 4 heteroatoms. The van der Waals surface area contributed by atoms with E-state index >= 15 is 0 Å². The summed E-state index contributed by atoms with van der Waals surface area (Å²) in [6.07, 6.45) is 0. The second kappa shape index (κ2) is 4.49. The van der Waals surface area contributed by atoms with Gasteiger partial charge in [-0.25, -0.2) is 0 Å². The molecule has 0 radical (unpaired) electrons. The first-order valence-corrected chi connectivity index (χ1v) is 5.09. The first-order chi connectivity index (χ1) is 6.97. The normalized spacial score (nSPS) is 12.6. The Bertz CT molecular complexity index is 368. The molecule has 0 aliphatic heterocycles. The van der Waals surface area contributed by atoms with Gasteiger partial charge < -0.3 is 15.6 Å². The average molecular weight is 209 g/mol. The summed E-state index contributed by atoms with van der Waals surface area (Å²) >= 11 is 0. The molecule has 1 rings (SSSR count). The zero-order valence-electron chi connectivity index (χ0n) is 9.79. The van der Waals surface area contributed by atoms with E-state index in [1.807, 2.05) is 27.8 Å². The molecule has 0 saturated carbocycles. The second-order valence-corrected chi connectivity index (χ2v) is 3.88. The fourth-order valence-electron chi connectivity index (χ4n) is 1.70. The van der Waals surface area contributed by atoms with Crippen molar-refractivity contribution in [1.29, 1.82) is 0 Å². The van der Waals surface area contributed by atoms with Gasteiger partial charge in [-0.3, -0.25) is 4.79 Å². The van der Waals surface area contributed by atoms with Crippen LogP contribution in [0.25, 0.3) is 0 Å². The fourth-order valence-corrected chi connectivity index (χ4v) is 1.70. The zero-order chi connectivity index (χ0) is 11.6. The summed E-state index contributed by atoms with van der Waals surface area (Å²) < 4.78 is 2.11. The molecule has 4 nitrogen and oxygen atoms in total. The highest BCUT2D eigenvalue weighted by atomic mass is 16.1. The van der Waals surface area contributed by atoms with E-state index in [1.165, 1.54) is 11.4 Å². The van der Waals surface area contributed by atoms with Gasteiger partial charge >= 0.3 is 0 Å². The van der Waals surface area contributed by atoms with E-state index in [1.54, 1.807) is 0 Å². The van der Waals surface area contributed by atoms with Gasteiger partial charge in [0.15, 0.2) is 0 Å². The van der Waals surface area contributed by atoms with Gasteiger partial charge in [-0.1, -0.05) is 0 Å². The van der Waals surface area contributed by atoms with Crippen LogP contribution in [0.4, 0.5) is 0 Å². The highest BCUT2D eigenvalue weighted by Gasteiger charge is 2.14. The van der Waals surface area contributed by atoms with Gasteiger partial charge in [0.2, 0.25) is 5.91 Å². The number of aryl methyl sites for hydroxylation is 1. The third kappa shape index (κ3) is 2.39. The number of carbonyl (C=O) groups is 1. The van der Waals surface area contributed by atoms with E-state index in [9.17, 15) is 4.79 Å². The van der Waals surface area contributed by atoms with Gasteiger partial charge in [0, 0.05) is 18.4 Å². The molecule has 0 aliphatic carbocycles. The first kappa shape index (κ1) is 11.8. The van der Waals surface area contributed by atoms with Crippen LogP contribution in [0.2, 0.25) is 0 Å². The van der Waals surface area contributed by atoms with E-state index in [2.05, 4.69) is 16.0 Å². The number of nitrogens with two attached hydrogens (primary N) is 1. The maximum absolute atomic E-state index is 11.2. The van der Waals surface area contributed by atoms with Crippen molar-refractivity contribution in [3.05, 3.63) is 23.0 Å². The minimum Gasteiger partial charge on any atom is -0.352 e. The molecule has 1 aromatic heterocycles. The summed E-state index contributed by atoms with van der Waals surface area (Å²) in [7, 11) is 2.02. The van der Waals surface area contributed by atoms with Crippen LogP contribution in [0.3, 0.4) is 0 Å². The largest absolute Gasteiger partial charge is 0.352 e. The van der Waals surface area contributed by atoms with Crippen LogP contribution in [-0.4, -0.2) is 17.0 Å². The molecular weight excluding hydrogens is 190 g/mol. The molecule has 0 spiro atoms. The average Bonchev–Trinajstić information content (AvgIpc) is 2.45. The van der Waals surface area contributed by atoms with Crippen molar-refractivity contribution in [1.82, 2.24) is 9.88 Å². The molecule has 0 fully saturated rings. The molecule has 0 aromatic carbocycles. The summed E-state index contributed by atoms with van der Waals surface area (Å²) in [6, 6.07) is 2.11. The summed E-state index contributed by atoms with van der Waals surface area (Å²) in [5, 5.41) is 2.85. The van der Waals surface area contributed by atoms with Gasteiger partial charge in [-0.15, -0.1) is 0 Å². The van der Waals surface area contributed by atoms with Crippen LogP contribution in [0.5, 0.6) is 0 Å².